The van der Waals surface area contributed by atoms with E-state index in [2.05, 4.69) is 15.9 Å². The van der Waals surface area contributed by atoms with E-state index in [0.29, 0.717) is 37.8 Å². The molecule has 0 unspecified atom stereocenters. The molecular formula is C27H18BrCl2F3N2O5. The van der Waals surface area contributed by atoms with E-state index in [4.69, 9.17) is 32.7 Å². The number of amides is 4. The van der Waals surface area contributed by atoms with Crippen LogP contribution in [0.3, 0.4) is 0 Å². The van der Waals surface area contributed by atoms with Gasteiger partial charge in [0.15, 0.2) is 11.5 Å². The van der Waals surface area contributed by atoms with Crippen LogP contribution in [-0.4, -0.2) is 24.5 Å². The number of rotatable bonds is 7. The number of hydrogen-bond acceptors (Lipinski definition) is 5. The number of carbonyl (C=O) groups excluding carboxylic acids is 3. The van der Waals surface area contributed by atoms with Crippen molar-refractivity contribution >= 4 is 68.7 Å². The van der Waals surface area contributed by atoms with E-state index in [1.165, 1.54) is 12.1 Å². The van der Waals surface area contributed by atoms with Crippen molar-refractivity contribution in [3.63, 3.8) is 0 Å². The van der Waals surface area contributed by atoms with Gasteiger partial charge in [-0.25, -0.2) is 9.69 Å². The highest BCUT2D eigenvalue weighted by atomic mass is 79.9. The highest BCUT2D eigenvalue weighted by molar-refractivity contribution is 9.10. The summed E-state index contributed by atoms with van der Waals surface area (Å²) in [6.07, 6.45) is -3.59. The van der Waals surface area contributed by atoms with Crippen molar-refractivity contribution in [1.29, 1.82) is 0 Å². The number of urea groups is 1. The number of benzene rings is 3. The minimum atomic E-state index is -4.76. The quantitative estimate of drug-likeness (QED) is 0.211. The Morgan fingerprint density at radius 3 is 2.45 bits per heavy atom. The standard InChI is InChI=1S/C27H18BrCl2F3N2O5/c1-2-39-22-11-15(10-19(28)23(22)40-13-14-4-3-5-17(29)8-14)9-18-24(36)34-26(38)35(25(18)37)21-12-16(27(31,32)33)6-7-20(21)30/h3-12H,2,13H2,1H3,(H,34,36,38)/b18-9-. The zero-order valence-corrected chi connectivity index (χ0v) is 23.5. The molecule has 3 aromatic rings. The van der Waals surface area contributed by atoms with Crippen LogP contribution in [0.2, 0.25) is 10.0 Å². The minimum absolute atomic E-state index is 0.162. The van der Waals surface area contributed by atoms with Crippen LogP contribution in [0.4, 0.5) is 23.7 Å². The predicted molar refractivity (Wildman–Crippen MR) is 147 cm³/mol. The van der Waals surface area contributed by atoms with Gasteiger partial charge in [-0.05, 0) is 82.5 Å². The molecule has 4 rings (SSSR count). The molecule has 0 spiro atoms. The summed E-state index contributed by atoms with van der Waals surface area (Å²) in [4.78, 5) is 38.8. The molecule has 1 aliphatic heterocycles. The Morgan fingerprint density at radius 2 is 1.77 bits per heavy atom. The van der Waals surface area contributed by atoms with Gasteiger partial charge in [-0.15, -0.1) is 0 Å². The first-order chi connectivity index (χ1) is 18.9. The third kappa shape index (κ3) is 6.43. The van der Waals surface area contributed by atoms with Gasteiger partial charge in [-0.3, -0.25) is 14.9 Å². The summed E-state index contributed by atoms with van der Waals surface area (Å²) in [6.45, 7) is 2.17. The Balaban J connectivity index is 1.70. The highest BCUT2D eigenvalue weighted by Crippen LogP contribution is 2.39. The topological polar surface area (TPSA) is 84.9 Å². The third-order valence-electron chi connectivity index (χ3n) is 5.53. The summed E-state index contributed by atoms with van der Waals surface area (Å²) < 4.78 is 51.9. The van der Waals surface area contributed by atoms with Crippen molar-refractivity contribution in [1.82, 2.24) is 5.32 Å². The summed E-state index contributed by atoms with van der Waals surface area (Å²) in [5.74, 6) is -1.57. The van der Waals surface area contributed by atoms with Gasteiger partial charge in [0, 0.05) is 5.02 Å². The van der Waals surface area contributed by atoms with Crippen LogP contribution in [0.15, 0.2) is 64.6 Å². The molecule has 1 heterocycles. The fourth-order valence-electron chi connectivity index (χ4n) is 3.76. The monoisotopic (exact) mass is 656 g/mol. The maximum Gasteiger partial charge on any atom is 0.416 e. The molecule has 13 heteroatoms. The van der Waals surface area contributed by atoms with Gasteiger partial charge in [0.1, 0.15) is 12.2 Å². The molecule has 1 aliphatic rings. The molecule has 3 aromatic carbocycles. The second kappa shape index (κ2) is 11.9. The second-order valence-electron chi connectivity index (χ2n) is 8.30. The van der Waals surface area contributed by atoms with Crippen molar-refractivity contribution in [3.8, 4) is 11.5 Å². The summed E-state index contributed by atoms with van der Waals surface area (Å²) in [6, 6.07) is 11.1. The van der Waals surface area contributed by atoms with Gasteiger partial charge in [0.2, 0.25) is 0 Å². The molecule has 0 saturated carbocycles. The Kier molecular flexibility index (Phi) is 8.77. The average Bonchev–Trinajstić information content (AvgIpc) is 2.86. The van der Waals surface area contributed by atoms with E-state index in [1.54, 1.807) is 31.2 Å². The number of anilines is 1. The third-order valence-corrected chi connectivity index (χ3v) is 6.67. The lowest BCUT2D eigenvalue weighted by Crippen LogP contribution is -2.54. The highest BCUT2D eigenvalue weighted by Gasteiger charge is 2.39. The summed E-state index contributed by atoms with van der Waals surface area (Å²) in [5.41, 5.74) is -1.08. The SMILES string of the molecule is CCOc1cc(/C=C2/C(=O)NC(=O)N(c3cc(C(F)(F)F)ccc3Cl)C2=O)cc(Br)c1OCc1cccc(Cl)c1. The maximum absolute atomic E-state index is 13.3. The Labute approximate surface area is 244 Å². The first-order valence-corrected chi connectivity index (χ1v) is 13.1. The van der Waals surface area contributed by atoms with E-state index >= 15 is 0 Å². The van der Waals surface area contributed by atoms with Gasteiger partial charge < -0.3 is 9.47 Å². The van der Waals surface area contributed by atoms with Crippen molar-refractivity contribution in [2.75, 3.05) is 11.5 Å². The number of hydrogen-bond donors (Lipinski definition) is 1. The lowest BCUT2D eigenvalue weighted by Gasteiger charge is -2.27. The molecule has 0 aliphatic carbocycles. The van der Waals surface area contributed by atoms with E-state index < -0.39 is 40.8 Å². The van der Waals surface area contributed by atoms with E-state index in [-0.39, 0.29) is 24.0 Å². The number of carbonyl (C=O) groups is 3. The number of alkyl halides is 3. The molecule has 7 nitrogen and oxygen atoms in total. The Hall–Kier alpha value is -3.54. The molecule has 1 fully saturated rings. The van der Waals surface area contributed by atoms with Crippen molar-refractivity contribution in [2.45, 2.75) is 19.7 Å². The van der Waals surface area contributed by atoms with Crippen molar-refractivity contribution in [2.24, 2.45) is 0 Å². The van der Waals surface area contributed by atoms with Gasteiger partial charge in [0.25, 0.3) is 11.8 Å². The molecule has 208 valence electrons. The summed E-state index contributed by atoms with van der Waals surface area (Å²) in [5, 5.41) is 2.21. The molecule has 1 N–H and O–H groups in total. The molecule has 0 atom stereocenters. The lowest BCUT2D eigenvalue weighted by atomic mass is 10.1. The normalized spacial score (nSPS) is 14.9. The number of imide groups is 2. The molecule has 0 radical (unpaired) electrons. The number of barbiturate groups is 1. The molecular weight excluding hydrogens is 640 g/mol. The van der Waals surface area contributed by atoms with E-state index in [1.807, 2.05) is 11.4 Å². The van der Waals surface area contributed by atoms with Crippen LogP contribution in [0, 0.1) is 0 Å². The second-order valence-corrected chi connectivity index (χ2v) is 10.0. The number of ether oxygens (including phenoxy) is 2. The van der Waals surface area contributed by atoms with Gasteiger partial charge in [-0.1, -0.05) is 35.3 Å². The summed E-state index contributed by atoms with van der Waals surface area (Å²) in [7, 11) is 0. The zero-order chi connectivity index (χ0) is 29.2. The minimum Gasteiger partial charge on any atom is -0.490 e. The molecule has 40 heavy (non-hydrogen) atoms. The maximum atomic E-state index is 13.3. The molecule has 4 amide bonds. The number of nitrogens with zero attached hydrogens (tertiary/aromatic N) is 1. The van der Waals surface area contributed by atoms with E-state index in [9.17, 15) is 27.6 Å². The van der Waals surface area contributed by atoms with Crippen molar-refractivity contribution in [3.05, 3.63) is 91.4 Å². The molecule has 0 bridgehead atoms. The number of halogens is 6. The zero-order valence-electron chi connectivity index (χ0n) is 20.4. The Morgan fingerprint density at radius 1 is 1.02 bits per heavy atom. The summed E-state index contributed by atoms with van der Waals surface area (Å²) >= 11 is 15.5. The molecule has 0 aromatic heterocycles. The Bertz CT molecular complexity index is 1550. The van der Waals surface area contributed by atoms with E-state index in [0.717, 1.165) is 11.6 Å². The first-order valence-electron chi connectivity index (χ1n) is 11.5. The van der Waals surface area contributed by atoms with Crippen molar-refractivity contribution < 1.29 is 37.0 Å². The fourth-order valence-corrected chi connectivity index (χ4v) is 4.75. The smallest absolute Gasteiger partial charge is 0.416 e. The van der Waals surface area contributed by atoms with Crippen LogP contribution < -0.4 is 19.7 Å². The fraction of sp³-hybridized carbons (Fsp3) is 0.148. The van der Waals surface area contributed by atoms with Crippen LogP contribution in [0.1, 0.15) is 23.6 Å². The van der Waals surface area contributed by atoms with Crippen LogP contribution >= 0.6 is 39.1 Å². The van der Waals surface area contributed by atoms with Gasteiger partial charge in [-0.2, -0.15) is 13.2 Å². The van der Waals surface area contributed by atoms with Crippen LogP contribution in [0.5, 0.6) is 11.5 Å². The predicted octanol–water partition coefficient (Wildman–Crippen LogP) is 7.42. The van der Waals surface area contributed by atoms with Crippen LogP contribution in [0.25, 0.3) is 6.08 Å². The van der Waals surface area contributed by atoms with Gasteiger partial charge >= 0.3 is 12.2 Å². The molecule has 1 saturated heterocycles. The lowest BCUT2D eigenvalue weighted by molar-refractivity contribution is -0.137. The van der Waals surface area contributed by atoms with Gasteiger partial charge in [0.05, 0.1) is 27.4 Å². The average molecular weight is 658 g/mol. The first kappa shape index (κ1) is 29.4. The number of nitrogens with one attached hydrogen (secondary N) is 1. The largest absolute Gasteiger partial charge is 0.490 e. The van der Waals surface area contributed by atoms with Crippen LogP contribution in [-0.2, 0) is 22.4 Å².